The first-order valence-corrected chi connectivity index (χ1v) is 7.10. The van der Waals surface area contributed by atoms with E-state index in [9.17, 15) is 0 Å². The molecule has 0 radical (unpaired) electrons. The summed E-state index contributed by atoms with van der Waals surface area (Å²) in [4.78, 5) is 4.08. The molecule has 100 valence electrons. The normalized spacial score (nSPS) is 29.9. The van der Waals surface area contributed by atoms with E-state index in [0.717, 1.165) is 5.92 Å². The van der Waals surface area contributed by atoms with E-state index in [4.69, 9.17) is 0 Å². The molecule has 0 amide bonds. The standard InChI is InChI=1S/C15H23N2.BrH/c1(2-14-3-8-16-9-4-14)10-17-11-5-15(6-12-17)7-13-17;/h3-4,8-9,15H,1-2,5-7,10-13H2;1H/q+1;/p-1. The van der Waals surface area contributed by atoms with Crippen LogP contribution in [0, 0.1) is 5.92 Å². The third-order valence-corrected chi connectivity index (χ3v) is 4.88. The Labute approximate surface area is 121 Å². The lowest BCUT2D eigenvalue weighted by Crippen LogP contribution is -3.00. The van der Waals surface area contributed by atoms with Crippen molar-refractivity contribution in [2.45, 2.75) is 32.1 Å². The van der Waals surface area contributed by atoms with E-state index in [1.807, 2.05) is 12.4 Å². The average molecular weight is 311 g/mol. The number of hydrogen-bond donors (Lipinski definition) is 0. The molecule has 3 aliphatic heterocycles. The molecular weight excluding hydrogens is 288 g/mol. The second-order valence-electron chi connectivity index (χ2n) is 5.93. The lowest BCUT2D eigenvalue weighted by molar-refractivity contribution is -0.942. The van der Waals surface area contributed by atoms with Crippen LogP contribution < -0.4 is 17.0 Å². The second-order valence-corrected chi connectivity index (χ2v) is 5.93. The fourth-order valence-electron chi connectivity index (χ4n) is 3.64. The Morgan fingerprint density at radius 3 is 2.28 bits per heavy atom. The molecule has 2 bridgehead atoms. The molecule has 3 saturated heterocycles. The van der Waals surface area contributed by atoms with Crippen LogP contribution in [0.5, 0.6) is 0 Å². The van der Waals surface area contributed by atoms with Gasteiger partial charge in [0.2, 0.25) is 0 Å². The third-order valence-electron chi connectivity index (χ3n) is 4.88. The van der Waals surface area contributed by atoms with E-state index in [2.05, 4.69) is 17.1 Å². The predicted octanol–water partition coefficient (Wildman–Crippen LogP) is -0.351. The van der Waals surface area contributed by atoms with Crippen molar-refractivity contribution in [2.75, 3.05) is 26.2 Å². The van der Waals surface area contributed by atoms with E-state index in [-0.39, 0.29) is 17.0 Å². The van der Waals surface area contributed by atoms with Gasteiger partial charge in [0.05, 0.1) is 26.2 Å². The quantitative estimate of drug-likeness (QED) is 0.693. The monoisotopic (exact) mass is 310 g/mol. The van der Waals surface area contributed by atoms with Crippen LogP contribution in [0.2, 0.25) is 0 Å². The average Bonchev–Trinajstić information content (AvgIpc) is 2.42. The molecule has 0 spiro atoms. The highest BCUT2D eigenvalue weighted by atomic mass is 79.9. The van der Waals surface area contributed by atoms with Gasteiger partial charge in [-0.25, -0.2) is 0 Å². The minimum atomic E-state index is 0. The SMILES string of the molecule is [Br-].c1cc(CCC[N+]23CCC(CC2)CC3)ccn1. The fourth-order valence-corrected chi connectivity index (χ4v) is 3.64. The summed E-state index contributed by atoms with van der Waals surface area (Å²) in [6.45, 7) is 5.78. The highest BCUT2D eigenvalue weighted by molar-refractivity contribution is 5.09. The van der Waals surface area contributed by atoms with Gasteiger partial charge in [0.15, 0.2) is 0 Å². The Balaban J connectivity index is 0.00000120. The van der Waals surface area contributed by atoms with Gasteiger partial charge in [-0.3, -0.25) is 4.98 Å². The van der Waals surface area contributed by atoms with Crippen molar-refractivity contribution in [3.05, 3.63) is 30.1 Å². The van der Waals surface area contributed by atoms with Crippen LogP contribution in [-0.4, -0.2) is 35.6 Å². The minimum Gasteiger partial charge on any atom is -1.00 e. The fraction of sp³-hybridized carbons (Fsp3) is 0.667. The van der Waals surface area contributed by atoms with E-state index >= 15 is 0 Å². The summed E-state index contributed by atoms with van der Waals surface area (Å²) in [6.07, 6.45) is 10.9. The highest BCUT2D eigenvalue weighted by Crippen LogP contribution is 2.33. The minimum absolute atomic E-state index is 0. The molecule has 0 aliphatic carbocycles. The first-order chi connectivity index (χ1) is 8.36. The Morgan fingerprint density at radius 1 is 1.06 bits per heavy atom. The molecular formula is C15H23BrN2. The number of piperidine rings is 3. The molecule has 3 heteroatoms. The van der Waals surface area contributed by atoms with Crippen molar-refractivity contribution < 1.29 is 21.5 Å². The smallest absolute Gasteiger partial charge is 0.0789 e. The number of fused-ring (bicyclic) bond motifs is 3. The number of halogens is 1. The first kappa shape index (κ1) is 14.0. The van der Waals surface area contributed by atoms with E-state index in [0.29, 0.717) is 0 Å². The highest BCUT2D eigenvalue weighted by Gasteiger charge is 2.38. The van der Waals surface area contributed by atoms with Gasteiger partial charge in [-0.15, -0.1) is 0 Å². The van der Waals surface area contributed by atoms with Crippen molar-refractivity contribution in [3.63, 3.8) is 0 Å². The molecule has 0 N–H and O–H groups in total. The molecule has 4 heterocycles. The Hall–Kier alpha value is -0.410. The van der Waals surface area contributed by atoms with Gasteiger partial charge in [0, 0.05) is 18.8 Å². The van der Waals surface area contributed by atoms with Crippen molar-refractivity contribution in [3.8, 4) is 0 Å². The van der Waals surface area contributed by atoms with Crippen LogP contribution in [0.25, 0.3) is 0 Å². The van der Waals surface area contributed by atoms with Gasteiger partial charge < -0.3 is 21.5 Å². The summed E-state index contributed by atoms with van der Waals surface area (Å²) < 4.78 is 1.43. The molecule has 0 unspecified atom stereocenters. The Kier molecular flexibility index (Phi) is 4.79. The molecule has 1 aromatic heterocycles. The van der Waals surface area contributed by atoms with Gasteiger partial charge in [0.25, 0.3) is 0 Å². The maximum absolute atomic E-state index is 4.08. The van der Waals surface area contributed by atoms with Gasteiger partial charge in [-0.1, -0.05) is 0 Å². The Morgan fingerprint density at radius 2 is 1.67 bits per heavy atom. The van der Waals surface area contributed by atoms with Crippen molar-refractivity contribution >= 4 is 0 Å². The third kappa shape index (κ3) is 3.12. The number of aromatic nitrogens is 1. The molecule has 18 heavy (non-hydrogen) atoms. The van der Waals surface area contributed by atoms with Gasteiger partial charge in [-0.05, 0) is 49.3 Å². The van der Waals surface area contributed by atoms with Crippen LogP contribution in [0.4, 0.5) is 0 Å². The van der Waals surface area contributed by atoms with Crippen LogP contribution in [0.3, 0.4) is 0 Å². The number of rotatable bonds is 4. The molecule has 0 atom stereocenters. The number of nitrogens with zero attached hydrogens (tertiary/aromatic N) is 2. The van der Waals surface area contributed by atoms with Gasteiger partial charge in [-0.2, -0.15) is 0 Å². The second kappa shape index (κ2) is 6.16. The molecule has 2 nitrogen and oxygen atoms in total. The maximum Gasteiger partial charge on any atom is 0.0789 e. The van der Waals surface area contributed by atoms with Crippen molar-refractivity contribution in [1.82, 2.24) is 4.98 Å². The number of quaternary nitrogens is 1. The van der Waals surface area contributed by atoms with Crippen LogP contribution in [0.1, 0.15) is 31.2 Å². The zero-order valence-electron chi connectivity index (χ0n) is 11.0. The van der Waals surface area contributed by atoms with Gasteiger partial charge >= 0.3 is 0 Å². The number of aryl methyl sites for hydroxylation is 1. The molecule has 0 saturated carbocycles. The summed E-state index contributed by atoms with van der Waals surface area (Å²) in [6, 6.07) is 4.31. The molecule has 3 aliphatic rings. The van der Waals surface area contributed by atoms with Crippen LogP contribution in [0.15, 0.2) is 24.5 Å². The van der Waals surface area contributed by atoms with Crippen LogP contribution >= 0.6 is 0 Å². The van der Waals surface area contributed by atoms with E-state index in [1.165, 1.54) is 68.3 Å². The zero-order valence-corrected chi connectivity index (χ0v) is 12.6. The largest absolute Gasteiger partial charge is 1.00 e. The van der Waals surface area contributed by atoms with Gasteiger partial charge in [0.1, 0.15) is 0 Å². The van der Waals surface area contributed by atoms with Crippen LogP contribution in [-0.2, 0) is 6.42 Å². The van der Waals surface area contributed by atoms with E-state index in [1.54, 1.807) is 0 Å². The molecule has 0 aromatic carbocycles. The summed E-state index contributed by atoms with van der Waals surface area (Å²) >= 11 is 0. The predicted molar refractivity (Wildman–Crippen MR) is 69.6 cm³/mol. The first-order valence-electron chi connectivity index (χ1n) is 7.10. The lowest BCUT2D eigenvalue weighted by atomic mass is 9.85. The maximum atomic E-state index is 4.08. The lowest BCUT2D eigenvalue weighted by Gasteiger charge is -2.49. The molecule has 1 aromatic rings. The van der Waals surface area contributed by atoms with Crippen molar-refractivity contribution in [1.29, 1.82) is 0 Å². The summed E-state index contributed by atoms with van der Waals surface area (Å²) in [5.41, 5.74) is 1.45. The summed E-state index contributed by atoms with van der Waals surface area (Å²) in [5.74, 6) is 1.08. The molecule has 4 rings (SSSR count). The number of hydrogen-bond acceptors (Lipinski definition) is 1. The van der Waals surface area contributed by atoms with E-state index < -0.39 is 0 Å². The summed E-state index contributed by atoms with van der Waals surface area (Å²) in [7, 11) is 0. The summed E-state index contributed by atoms with van der Waals surface area (Å²) in [5, 5.41) is 0. The van der Waals surface area contributed by atoms with Crippen molar-refractivity contribution in [2.24, 2.45) is 5.92 Å². The number of pyridine rings is 1. The topological polar surface area (TPSA) is 12.9 Å². The zero-order chi connectivity index (χ0) is 11.6. The Bertz CT molecular complexity index is 344. The molecule has 3 fully saturated rings.